The lowest BCUT2D eigenvalue weighted by Gasteiger charge is -2.31. The third-order valence-corrected chi connectivity index (χ3v) is 5.81. The molecule has 1 saturated carbocycles. The van der Waals surface area contributed by atoms with Gasteiger partial charge in [0.25, 0.3) is 0 Å². The quantitative estimate of drug-likeness (QED) is 0.524. The van der Waals surface area contributed by atoms with E-state index in [-0.39, 0.29) is 5.92 Å². The van der Waals surface area contributed by atoms with Gasteiger partial charge in [0.05, 0.1) is 0 Å². The maximum absolute atomic E-state index is 13.6. The summed E-state index contributed by atoms with van der Waals surface area (Å²) in [6.45, 7) is 6.75. The first-order valence-corrected chi connectivity index (χ1v) is 10.2. The minimum atomic E-state index is -0.624. The van der Waals surface area contributed by atoms with Gasteiger partial charge in [-0.2, -0.15) is 0 Å². The van der Waals surface area contributed by atoms with E-state index >= 15 is 0 Å². The van der Waals surface area contributed by atoms with Crippen molar-refractivity contribution < 1.29 is 4.39 Å². The van der Waals surface area contributed by atoms with Crippen molar-refractivity contribution in [1.29, 1.82) is 0 Å². The van der Waals surface area contributed by atoms with Gasteiger partial charge in [-0.1, -0.05) is 61.5 Å². The summed E-state index contributed by atoms with van der Waals surface area (Å²) in [6.07, 6.45) is 4.53. The molecule has 2 aromatic rings. The van der Waals surface area contributed by atoms with Crippen LogP contribution in [0, 0.1) is 0 Å². The molecular formula is C24H32FN. The summed E-state index contributed by atoms with van der Waals surface area (Å²) in [5.41, 5.74) is 3.93. The van der Waals surface area contributed by atoms with Gasteiger partial charge in [-0.3, -0.25) is 4.90 Å². The molecule has 0 aromatic heterocycles. The molecule has 0 saturated heterocycles. The molecule has 0 bridgehead atoms. The minimum absolute atomic E-state index is 0.147. The van der Waals surface area contributed by atoms with E-state index in [9.17, 15) is 4.39 Å². The first-order chi connectivity index (χ1) is 12.7. The molecule has 0 radical (unpaired) electrons. The van der Waals surface area contributed by atoms with E-state index in [4.69, 9.17) is 0 Å². The molecule has 26 heavy (non-hydrogen) atoms. The Morgan fingerprint density at radius 2 is 1.73 bits per heavy atom. The topological polar surface area (TPSA) is 3.24 Å². The molecule has 140 valence electrons. The highest BCUT2D eigenvalue weighted by Crippen LogP contribution is 2.39. The standard InChI is InChI=1S/C24H32FN/c1-3-17-26(18-21-7-5-4-6-8-21)19(2)9-10-20-11-13-22(14-12-20)23-15-16-24(23)25/h4-8,11-14,19,23-24H,3,9-10,15-18H2,1-2H3. The Labute approximate surface area is 158 Å². The van der Waals surface area contributed by atoms with Crippen molar-refractivity contribution in [3.05, 3.63) is 71.3 Å². The van der Waals surface area contributed by atoms with Crippen molar-refractivity contribution in [2.75, 3.05) is 6.54 Å². The number of benzene rings is 2. The highest BCUT2D eigenvalue weighted by atomic mass is 19.1. The zero-order chi connectivity index (χ0) is 18.4. The average molecular weight is 354 g/mol. The van der Waals surface area contributed by atoms with Crippen molar-refractivity contribution in [1.82, 2.24) is 4.90 Å². The van der Waals surface area contributed by atoms with Crippen LogP contribution in [0.5, 0.6) is 0 Å². The minimum Gasteiger partial charge on any atom is -0.296 e. The van der Waals surface area contributed by atoms with Crippen molar-refractivity contribution in [2.45, 2.75) is 70.6 Å². The van der Waals surface area contributed by atoms with Gasteiger partial charge < -0.3 is 0 Å². The Balaban J connectivity index is 1.53. The van der Waals surface area contributed by atoms with Crippen LogP contribution in [0.3, 0.4) is 0 Å². The highest BCUT2D eigenvalue weighted by molar-refractivity contribution is 5.28. The second kappa shape index (κ2) is 9.32. The number of rotatable bonds is 9. The van der Waals surface area contributed by atoms with Crippen LogP contribution in [0.4, 0.5) is 4.39 Å². The molecule has 0 N–H and O–H groups in total. The molecule has 2 heteroatoms. The van der Waals surface area contributed by atoms with Crippen LogP contribution in [0.2, 0.25) is 0 Å². The number of hydrogen-bond acceptors (Lipinski definition) is 1. The normalized spacial score (nSPS) is 20.8. The van der Waals surface area contributed by atoms with Crippen LogP contribution in [-0.4, -0.2) is 23.7 Å². The Morgan fingerprint density at radius 3 is 2.31 bits per heavy atom. The first kappa shape index (κ1) is 19.1. The summed E-state index contributed by atoms with van der Waals surface area (Å²) < 4.78 is 13.6. The Hall–Kier alpha value is -1.67. The Morgan fingerprint density at radius 1 is 1.00 bits per heavy atom. The van der Waals surface area contributed by atoms with Crippen molar-refractivity contribution in [2.24, 2.45) is 0 Å². The van der Waals surface area contributed by atoms with E-state index in [2.05, 4.69) is 73.3 Å². The first-order valence-electron chi connectivity index (χ1n) is 10.2. The van der Waals surface area contributed by atoms with Gasteiger partial charge in [0.2, 0.25) is 0 Å². The van der Waals surface area contributed by atoms with Crippen LogP contribution in [0.1, 0.15) is 62.1 Å². The lowest BCUT2D eigenvalue weighted by atomic mass is 9.78. The molecule has 1 fully saturated rings. The molecule has 3 atom stereocenters. The van der Waals surface area contributed by atoms with E-state index in [1.54, 1.807) is 0 Å². The van der Waals surface area contributed by atoms with E-state index < -0.39 is 6.17 Å². The fraction of sp³-hybridized carbons (Fsp3) is 0.500. The Kier molecular flexibility index (Phi) is 6.85. The predicted molar refractivity (Wildman–Crippen MR) is 108 cm³/mol. The van der Waals surface area contributed by atoms with Crippen LogP contribution in [-0.2, 0) is 13.0 Å². The summed E-state index contributed by atoms with van der Waals surface area (Å²) in [4.78, 5) is 2.59. The van der Waals surface area contributed by atoms with Crippen molar-refractivity contribution in [3.8, 4) is 0 Å². The third kappa shape index (κ3) is 4.94. The highest BCUT2D eigenvalue weighted by Gasteiger charge is 2.31. The second-order valence-electron chi connectivity index (χ2n) is 7.79. The molecule has 3 rings (SSSR count). The van der Waals surface area contributed by atoms with E-state index in [0.29, 0.717) is 6.04 Å². The Bertz CT molecular complexity index is 652. The van der Waals surface area contributed by atoms with Gasteiger partial charge in [-0.25, -0.2) is 4.39 Å². The lowest BCUT2D eigenvalue weighted by molar-refractivity contribution is 0.170. The van der Waals surface area contributed by atoms with E-state index in [0.717, 1.165) is 38.8 Å². The molecule has 1 aliphatic rings. The van der Waals surface area contributed by atoms with Crippen molar-refractivity contribution in [3.63, 3.8) is 0 Å². The molecule has 3 unspecified atom stereocenters. The van der Waals surface area contributed by atoms with Gasteiger partial charge in [0, 0.05) is 18.5 Å². The average Bonchev–Trinajstić information content (AvgIpc) is 2.66. The fourth-order valence-electron chi connectivity index (χ4n) is 3.88. The van der Waals surface area contributed by atoms with Gasteiger partial charge in [0.15, 0.2) is 0 Å². The predicted octanol–water partition coefficient (Wildman–Crippen LogP) is 6.14. The van der Waals surface area contributed by atoms with Gasteiger partial charge >= 0.3 is 0 Å². The maximum Gasteiger partial charge on any atom is 0.107 e. The maximum atomic E-state index is 13.6. The zero-order valence-electron chi connectivity index (χ0n) is 16.2. The number of halogens is 1. The van der Waals surface area contributed by atoms with Crippen LogP contribution in [0.25, 0.3) is 0 Å². The second-order valence-corrected chi connectivity index (χ2v) is 7.79. The summed E-state index contributed by atoms with van der Waals surface area (Å²) in [6, 6.07) is 20.0. The number of nitrogens with zero attached hydrogens (tertiary/aromatic N) is 1. The van der Waals surface area contributed by atoms with E-state index in [1.807, 2.05) is 0 Å². The lowest BCUT2D eigenvalue weighted by Crippen LogP contribution is -2.33. The third-order valence-electron chi connectivity index (χ3n) is 5.81. The summed E-state index contributed by atoms with van der Waals surface area (Å²) in [5.74, 6) is 0.147. The summed E-state index contributed by atoms with van der Waals surface area (Å²) in [5, 5.41) is 0. The van der Waals surface area contributed by atoms with Crippen LogP contribution >= 0.6 is 0 Å². The smallest absolute Gasteiger partial charge is 0.107 e. The van der Waals surface area contributed by atoms with Crippen LogP contribution < -0.4 is 0 Å². The molecule has 0 aliphatic heterocycles. The number of alkyl halides is 1. The SMILES string of the molecule is CCCN(Cc1ccccc1)C(C)CCc1ccc(C2CCC2F)cc1. The fourth-order valence-corrected chi connectivity index (χ4v) is 3.88. The van der Waals surface area contributed by atoms with Gasteiger partial charge in [-0.15, -0.1) is 0 Å². The molecule has 1 nitrogen and oxygen atoms in total. The van der Waals surface area contributed by atoms with E-state index in [1.165, 1.54) is 23.1 Å². The van der Waals surface area contributed by atoms with Gasteiger partial charge in [-0.05, 0) is 62.3 Å². The monoisotopic (exact) mass is 353 g/mol. The molecule has 1 aliphatic carbocycles. The molecule has 0 spiro atoms. The molecule has 0 amide bonds. The van der Waals surface area contributed by atoms with Gasteiger partial charge in [0.1, 0.15) is 6.17 Å². The number of aryl methyl sites for hydroxylation is 1. The molecular weight excluding hydrogens is 321 g/mol. The van der Waals surface area contributed by atoms with Crippen LogP contribution in [0.15, 0.2) is 54.6 Å². The molecule has 0 heterocycles. The number of hydrogen-bond donors (Lipinski definition) is 0. The zero-order valence-corrected chi connectivity index (χ0v) is 16.2. The molecule has 2 aromatic carbocycles. The largest absolute Gasteiger partial charge is 0.296 e. The van der Waals surface area contributed by atoms with Crippen molar-refractivity contribution >= 4 is 0 Å². The summed E-state index contributed by atoms with van der Waals surface area (Å²) >= 11 is 0. The summed E-state index contributed by atoms with van der Waals surface area (Å²) in [7, 11) is 0.